The Hall–Kier alpha value is -3.15. The minimum Gasteiger partial charge on any atom is -0.462 e. The monoisotopic (exact) mass is 893 g/mol. The first-order chi connectivity index (χ1) is 31.5. The van der Waals surface area contributed by atoms with Gasteiger partial charge in [-0.3, -0.25) is 14.4 Å². The van der Waals surface area contributed by atoms with Crippen molar-refractivity contribution in [1.82, 2.24) is 0 Å². The van der Waals surface area contributed by atoms with Crippen LogP contribution in [-0.2, 0) is 28.6 Å². The number of rotatable bonds is 48. The van der Waals surface area contributed by atoms with Gasteiger partial charge >= 0.3 is 17.9 Å². The summed E-state index contributed by atoms with van der Waals surface area (Å²) in [6, 6.07) is 0. The van der Waals surface area contributed by atoms with E-state index in [4.69, 9.17) is 14.2 Å². The lowest BCUT2D eigenvalue weighted by Crippen LogP contribution is -2.30. The van der Waals surface area contributed by atoms with Crippen molar-refractivity contribution in [3.8, 4) is 0 Å². The van der Waals surface area contributed by atoms with E-state index in [1.807, 2.05) is 6.08 Å². The zero-order valence-electron chi connectivity index (χ0n) is 42.0. The molecule has 0 aromatic carbocycles. The second-order valence-corrected chi connectivity index (χ2v) is 17.8. The van der Waals surface area contributed by atoms with Gasteiger partial charge in [-0.25, -0.2) is 0 Å². The van der Waals surface area contributed by atoms with Crippen LogP contribution < -0.4 is 0 Å². The third-order valence-electron chi connectivity index (χ3n) is 11.4. The normalized spacial score (nSPS) is 12.6. The predicted molar refractivity (Wildman–Crippen MR) is 274 cm³/mol. The van der Waals surface area contributed by atoms with Crippen molar-refractivity contribution in [3.63, 3.8) is 0 Å². The number of carbonyl (C=O) groups is 3. The molecule has 368 valence electrons. The molecule has 0 amide bonds. The van der Waals surface area contributed by atoms with E-state index in [0.29, 0.717) is 19.3 Å². The molecule has 0 heterocycles. The first-order valence-corrected chi connectivity index (χ1v) is 26.9. The minimum absolute atomic E-state index is 0.0981. The van der Waals surface area contributed by atoms with E-state index >= 15 is 0 Å². The average molecular weight is 893 g/mol. The van der Waals surface area contributed by atoms with E-state index in [0.717, 1.165) is 64.2 Å². The second kappa shape index (κ2) is 52.5. The second-order valence-electron chi connectivity index (χ2n) is 17.8. The van der Waals surface area contributed by atoms with Gasteiger partial charge in [0.25, 0.3) is 0 Å². The number of esters is 3. The Morgan fingerprint density at radius 2 is 0.594 bits per heavy atom. The topological polar surface area (TPSA) is 78.9 Å². The van der Waals surface area contributed by atoms with Crippen molar-refractivity contribution in [2.75, 3.05) is 13.2 Å². The standard InChI is InChI=1S/C58H100O6/c1-4-7-10-13-16-19-22-25-27-28-29-30-32-33-36-39-42-45-48-51-57(60)63-54-55(53-62-56(59)50-47-44-41-38-35-24-21-18-15-12-9-6-3)64-58(61)52-49-46-43-40-37-34-31-26-23-20-17-14-11-8-5-2/h16,19-20,23,25,27,29-30,33,36,42,45,55H,4-15,17-18,21-22,24,26,28,31-32,34-35,37-41,43-44,46-54H2,1-3H3/b19-16-,23-20-,27-25-,30-29-,36-33-,45-42-/t55-/m0/s1. The molecule has 0 aliphatic carbocycles. The van der Waals surface area contributed by atoms with E-state index in [-0.39, 0.29) is 37.5 Å². The van der Waals surface area contributed by atoms with E-state index < -0.39 is 6.10 Å². The van der Waals surface area contributed by atoms with E-state index in [1.54, 1.807) is 0 Å². The molecule has 6 nitrogen and oxygen atoms in total. The van der Waals surface area contributed by atoms with Crippen LogP contribution in [0.5, 0.6) is 0 Å². The Morgan fingerprint density at radius 3 is 1.03 bits per heavy atom. The molecule has 0 fully saturated rings. The molecule has 0 bridgehead atoms. The number of allylic oxidation sites excluding steroid dienone is 12. The van der Waals surface area contributed by atoms with Crippen molar-refractivity contribution in [3.05, 3.63) is 72.9 Å². The van der Waals surface area contributed by atoms with Gasteiger partial charge in [0, 0.05) is 19.3 Å². The summed E-state index contributed by atoms with van der Waals surface area (Å²) >= 11 is 0. The highest BCUT2D eigenvalue weighted by Gasteiger charge is 2.19. The summed E-state index contributed by atoms with van der Waals surface area (Å²) in [5, 5.41) is 0. The minimum atomic E-state index is -0.805. The van der Waals surface area contributed by atoms with E-state index in [2.05, 4.69) is 87.6 Å². The molecule has 0 aliphatic heterocycles. The highest BCUT2D eigenvalue weighted by molar-refractivity contribution is 5.71. The third-order valence-corrected chi connectivity index (χ3v) is 11.4. The molecule has 0 aromatic heterocycles. The van der Waals surface area contributed by atoms with Gasteiger partial charge in [0.1, 0.15) is 13.2 Å². The summed E-state index contributed by atoms with van der Waals surface area (Å²) < 4.78 is 16.7. The molecule has 6 heteroatoms. The molecule has 0 aliphatic rings. The Labute approximate surface area is 395 Å². The highest BCUT2D eigenvalue weighted by atomic mass is 16.6. The number of unbranched alkanes of at least 4 members (excludes halogenated alkanes) is 25. The highest BCUT2D eigenvalue weighted by Crippen LogP contribution is 2.15. The van der Waals surface area contributed by atoms with Crippen LogP contribution in [0.1, 0.15) is 258 Å². The molecule has 0 saturated carbocycles. The van der Waals surface area contributed by atoms with Crippen LogP contribution >= 0.6 is 0 Å². The quantitative estimate of drug-likeness (QED) is 0.0262. The third kappa shape index (κ3) is 49.9. The molecule has 0 spiro atoms. The van der Waals surface area contributed by atoms with Gasteiger partial charge in [0.05, 0.1) is 0 Å². The summed E-state index contributed by atoms with van der Waals surface area (Å²) in [5.41, 5.74) is 0. The summed E-state index contributed by atoms with van der Waals surface area (Å²) in [6.07, 6.45) is 66.1. The van der Waals surface area contributed by atoms with Gasteiger partial charge in [-0.15, -0.1) is 0 Å². The van der Waals surface area contributed by atoms with Crippen LogP contribution in [-0.4, -0.2) is 37.2 Å². The summed E-state index contributed by atoms with van der Waals surface area (Å²) in [5.74, 6) is -0.985. The van der Waals surface area contributed by atoms with Gasteiger partial charge in [0.2, 0.25) is 0 Å². The summed E-state index contributed by atoms with van der Waals surface area (Å²) in [4.78, 5) is 38.0. The Balaban J connectivity index is 4.48. The molecule has 0 radical (unpaired) electrons. The number of hydrogen-bond donors (Lipinski definition) is 0. The number of carbonyl (C=O) groups excluding carboxylic acids is 3. The van der Waals surface area contributed by atoms with Crippen LogP contribution in [0.25, 0.3) is 0 Å². The molecule has 64 heavy (non-hydrogen) atoms. The van der Waals surface area contributed by atoms with Gasteiger partial charge in [-0.1, -0.05) is 229 Å². The first-order valence-electron chi connectivity index (χ1n) is 26.9. The van der Waals surface area contributed by atoms with Gasteiger partial charge < -0.3 is 14.2 Å². The summed E-state index contributed by atoms with van der Waals surface area (Å²) in [6.45, 7) is 6.53. The van der Waals surface area contributed by atoms with Crippen LogP contribution in [0, 0.1) is 0 Å². The van der Waals surface area contributed by atoms with Crippen molar-refractivity contribution in [2.24, 2.45) is 0 Å². The Morgan fingerprint density at radius 1 is 0.312 bits per heavy atom. The Kier molecular flexibility index (Phi) is 49.9. The van der Waals surface area contributed by atoms with E-state index in [1.165, 1.54) is 148 Å². The van der Waals surface area contributed by atoms with Gasteiger partial charge in [-0.05, 0) is 83.5 Å². The van der Waals surface area contributed by atoms with Crippen molar-refractivity contribution in [1.29, 1.82) is 0 Å². The maximum Gasteiger partial charge on any atom is 0.306 e. The fourth-order valence-electron chi connectivity index (χ4n) is 7.36. The van der Waals surface area contributed by atoms with Gasteiger partial charge in [-0.2, -0.15) is 0 Å². The van der Waals surface area contributed by atoms with Crippen molar-refractivity contribution < 1.29 is 28.6 Å². The van der Waals surface area contributed by atoms with Crippen LogP contribution in [0.15, 0.2) is 72.9 Å². The summed E-state index contributed by atoms with van der Waals surface area (Å²) in [7, 11) is 0. The predicted octanol–water partition coefficient (Wildman–Crippen LogP) is 17.8. The lowest BCUT2D eigenvalue weighted by Gasteiger charge is -2.18. The molecule has 0 unspecified atom stereocenters. The van der Waals surface area contributed by atoms with Crippen LogP contribution in [0.3, 0.4) is 0 Å². The SMILES string of the molecule is CCCCC/C=C\C/C=C\C/C=C\C/C=C\C/C=C\CCC(=O)OC[C@H](COC(=O)CCCCCCCCCCCCCC)OC(=O)CCCCCCCCC/C=C\CCCCCC. The molecule has 0 N–H and O–H groups in total. The molecule has 0 aromatic rings. The number of hydrogen-bond acceptors (Lipinski definition) is 6. The van der Waals surface area contributed by atoms with Crippen LogP contribution in [0.4, 0.5) is 0 Å². The fraction of sp³-hybridized carbons (Fsp3) is 0.741. The maximum absolute atomic E-state index is 12.8. The lowest BCUT2D eigenvalue weighted by molar-refractivity contribution is -0.166. The van der Waals surface area contributed by atoms with Crippen molar-refractivity contribution >= 4 is 17.9 Å². The molecular formula is C58H100O6. The molecule has 1 atom stereocenters. The lowest BCUT2D eigenvalue weighted by atomic mass is 10.0. The smallest absolute Gasteiger partial charge is 0.306 e. The number of ether oxygens (including phenoxy) is 3. The molecule has 0 rings (SSSR count). The zero-order valence-corrected chi connectivity index (χ0v) is 42.0. The van der Waals surface area contributed by atoms with Crippen molar-refractivity contribution in [2.45, 2.75) is 264 Å². The fourth-order valence-corrected chi connectivity index (χ4v) is 7.36. The largest absolute Gasteiger partial charge is 0.462 e. The Bertz CT molecular complexity index is 1210. The first kappa shape index (κ1) is 60.9. The van der Waals surface area contributed by atoms with Crippen LogP contribution in [0.2, 0.25) is 0 Å². The average Bonchev–Trinajstić information content (AvgIpc) is 3.29. The van der Waals surface area contributed by atoms with E-state index in [9.17, 15) is 14.4 Å². The van der Waals surface area contributed by atoms with Gasteiger partial charge in [0.15, 0.2) is 6.10 Å². The zero-order chi connectivity index (χ0) is 46.5. The molecule has 0 saturated heterocycles. The molecular weight excluding hydrogens is 793 g/mol. The maximum atomic E-state index is 12.8.